The van der Waals surface area contributed by atoms with E-state index in [-0.39, 0.29) is 16.5 Å². The summed E-state index contributed by atoms with van der Waals surface area (Å²) in [6, 6.07) is 10.2. The molecular formula is C18H16Cl2FNO4. The molecular weight excluding hydrogens is 384 g/mol. The molecule has 0 radical (unpaired) electrons. The number of hydrogen-bond acceptors (Lipinski definition) is 4. The number of ether oxygens (including phenoxy) is 2. The summed E-state index contributed by atoms with van der Waals surface area (Å²) >= 11 is 11.8. The molecule has 0 unspecified atom stereocenters. The molecule has 138 valence electrons. The van der Waals surface area contributed by atoms with Crippen LogP contribution < -0.4 is 10.1 Å². The Morgan fingerprint density at radius 3 is 2.42 bits per heavy atom. The molecule has 0 aliphatic heterocycles. The monoisotopic (exact) mass is 399 g/mol. The molecule has 8 heteroatoms. The Morgan fingerprint density at radius 1 is 1.08 bits per heavy atom. The molecule has 1 N–H and O–H groups in total. The van der Waals surface area contributed by atoms with Crippen molar-refractivity contribution >= 4 is 40.8 Å². The van der Waals surface area contributed by atoms with E-state index >= 15 is 0 Å². The van der Waals surface area contributed by atoms with E-state index in [9.17, 15) is 14.0 Å². The van der Waals surface area contributed by atoms with Crippen molar-refractivity contribution in [3.63, 3.8) is 0 Å². The summed E-state index contributed by atoms with van der Waals surface area (Å²) in [5, 5.41) is 3.02. The molecule has 0 aliphatic carbocycles. The van der Waals surface area contributed by atoms with E-state index in [4.69, 9.17) is 32.7 Å². The molecule has 5 nitrogen and oxygen atoms in total. The molecule has 2 aromatic rings. The minimum atomic E-state index is -1.14. The fourth-order valence-electron chi connectivity index (χ4n) is 1.93. The van der Waals surface area contributed by atoms with E-state index in [0.29, 0.717) is 5.02 Å². The molecule has 0 bridgehead atoms. The van der Waals surface area contributed by atoms with Crippen LogP contribution in [0, 0.1) is 5.82 Å². The number of anilines is 1. The van der Waals surface area contributed by atoms with E-state index in [1.165, 1.54) is 44.2 Å². The standard InChI is InChI=1S/C18H16Cl2FNO4/c1-10(17(23)22-15-6-4-3-5-14(15)21)26-18(24)11(2)25-16-8-7-12(19)9-13(16)20/h3-11H,1-2H3,(H,22,23)/t10-,11-/m0/s1. The van der Waals surface area contributed by atoms with Gasteiger partial charge in [0.25, 0.3) is 5.91 Å². The van der Waals surface area contributed by atoms with Gasteiger partial charge in [-0.15, -0.1) is 0 Å². The van der Waals surface area contributed by atoms with Gasteiger partial charge in [-0.2, -0.15) is 0 Å². The zero-order chi connectivity index (χ0) is 19.3. The molecule has 1 amide bonds. The Balaban J connectivity index is 1.93. The average molecular weight is 400 g/mol. The Morgan fingerprint density at radius 2 is 1.77 bits per heavy atom. The number of benzene rings is 2. The predicted molar refractivity (Wildman–Crippen MR) is 97.1 cm³/mol. The highest BCUT2D eigenvalue weighted by Gasteiger charge is 2.24. The van der Waals surface area contributed by atoms with E-state index in [1.54, 1.807) is 12.1 Å². The van der Waals surface area contributed by atoms with Crippen LogP contribution in [0.5, 0.6) is 5.75 Å². The van der Waals surface area contributed by atoms with Gasteiger partial charge in [0.1, 0.15) is 11.6 Å². The number of halogens is 3. The Kier molecular flexibility index (Phi) is 6.83. The highest BCUT2D eigenvalue weighted by Crippen LogP contribution is 2.28. The summed E-state index contributed by atoms with van der Waals surface area (Å²) in [6.45, 7) is 2.82. The van der Waals surface area contributed by atoms with Crippen LogP contribution in [-0.4, -0.2) is 24.1 Å². The quantitative estimate of drug-likeness (QED) is 0.727. The molecule has 2 atom stereocenters. The topological polar surface area (TPSA) is 64.6 Å². The first kappa shape index (κ1) is 20.0. The maximum absolute atomic E-state index is 13.5. The molecule has 0 saturated carbocycles. The molecule has 2 aromatic carbocycles. The normalized spacial score (nSPS) is 12.8. The molecule has 2 rings (SSSR count). The first-order valence-corrected chi connectivity index (χ1v) is 8.41. The number of para-hydroxylation sites is 1. The number of hydrogen-bond donors (Lipinski definition) is 1. The lowest BCUT2D eigenvalue weighted by Gasteiger charge is -2.18. The highest BCUT2D eigenvalue weighted by molar-refractivity contribution is 6.35. The Hall–Kier alpha value is -2.31. The molecule has 0 fully saturated rings. The number of carbonyl (C=O) groups is 2. The van der Waals surface area contributed by atoms with Gasteiger partial charge in [-0.3, -0.25) is 4.79 Å². The second-order valence-corrected chi connectivity index (χ2v) is 6.23. The van der Waals surface area contributed by atoms with Gasteiger partial charge in [-0.05, 0) is 44.2 Å². The lowest BCUT2D eigenvalue weighted by molar-refractivity contribution is -0.159. The zero-order valence-electron chi connectivity index (χ0n) is 14.0. The van der Waals surface area contributed by atoms with Crippen molar-refractivity contribution in [1.29, 1.82) is 0 Å². The largest absolute Gasteiger partial charge is 0.477 e. The van der Waals surface area contributed by atoms with Crippen LogP contribution in [-0.2, 0) is 14.3 Å². The van der Waals surface area contributed by atoms with E-state index in [2.05, 4.69) is 5.32 Å². The molecule has 0 saturated heterocycles. The van der Waals surface area contributed by atoms with Crippen LogP contribution in [0.2, 0.25) is 10.0 Å². The van der Waals surface area contributed by atoms with Crippen molar-refractivity contribution < 1.29 is 23.5 Å². The van der Waals surface area contributed by atoms with Crippen molar-refractivity contribution in [3.05, 3.63) is 58.3 Å². The van der Waals surface area contributed by atoms with Crippen LogP contribution in [0.25, 0.3) is 0 Å². The minimum Gasteiger partial charge on any atom is -0.477 e. The second kappa shape index (κ2) is 8.87. The number of carbonyl (C=O) groups excluding carboxylic acids is 2. The summed E-state index contributed by atoms with van der Waals surface area (Å²) in [5.41, 5.74) is -0.00218. The van der Waals surface area contributed by atoms with Crippen LogP contribution >= 0.6 is 23.2 Å². The van der Waals surface area contributed by atoms with Crippen molar-refractivity contribution in [2.24, 2.45) is 0 Å². The lowest BCUT2D eigenvalue weighted by Crippen LogP contribution is -2.35. The predicted octanol–water partition coefficient (Wildman–Crippen LogP) is 4.47. The highest BCUT2D eigenvalue weighted by atomic mass is 35.5. The van der Waals surface area contributed by atoms with Crippen molar-refractivity contribution in [1.82, 2.24) is 0 Å². The number of rotatable bonds is 6. The molecule has 0 aromatic heterocycles. The van der Waals surface area contributed by atoms with Crippen molar-refractivity contribution in [2.45, 2.75) is 26.1 Å². The first-order valence-electron chi connectivity index (χ1n) is 7.65. The Labute approximate surface area is 160 Å². The summed E-state index contributed by atoms with van der Waals surface area (Å²) in [5.74, 6) is -1.77. The van der Waals surface area contributed by atoms with Gasteiger partial charge >= 0.3 is 5.97 Å². The minimum absolute atomic E-state index is 0.00218. The maximum atomic E-state index is 13.5. The number of esters is 1. The van der Waals surface area contributed by atoms with Gasteiger partial charge in [0.05, 0.1) is 10.7 Å². The molecule has 0 aliphatic rings. The average Bonchev–Trinajstić information content (AvgIpc) is 2.59. The van der Waals surface area contributed by atoms with Gasteiger partial charge in [0.2, 0.25) is 0 Å². The van der Waals surface area contributed by atoms with Gasteiger partial charge in [-0.1, -0.05) is 35.3 Å². The molecule has 0 spiro atoms. The van der Waals surface area contributed by atoms with Crippen molar-refractivity contribution in [3.8, 4) is 5.75 Å². The lowest BCUT2D eigenvalue weighted by atomic mass is 10.3. The summed E-state index contributed by atoms with van der Waals surface area (Å²) in [6.07, 6.45) is -2.16. The third-order valence-electron chi connectivity index (χ3n) is 3.32. The molecule has 26 heavy (non-hydrogen) atoms. The summed E-state index contributed by atoms with van der Waals surface area (Å²) < 4.78 is 24.0. The summed E-state index contributed by atoms with van der Waals surface area (Å²) in [4.78, 5) is 24.1. The van der Waals surface area contributed by atoms with Crippen molar-refractivity contribution in [2.75, 3.05) is 5.32 Å². The fourth-order valence-corrected chi connectivity index (χ4v) is 2.38. The maximum Gasteiger partial charge on any atom is 0.347 e. The van der Waals surface area contributed by atoms with E-state index < -0.39 is 29.9 Å². The SMILES string of the molecule is C[C@H](OC(=O)[C@H](C)Oc1ccc(Cl)cc1Cl)C(=O)Nc1ccccc1F. The Bertz CT molecular complexity index is 816. The second-order valence-electron chi connectivity index (χ2n) is 5.38. The van der Waals surface area contributed by atoms with E-state index in [1.807, 2.05) is 0 Å². The smallest absolute Gasteiger partial charge is 0.347 e. The number of nitrogens with one attached hydrogen (secondary N) is 1. The third kappa shape index (κ3) is 5.34. The first-order chi connectivity index (χ1) is 12.3. The fraction of sp³-hybridized carbons (Fsp3) is 0.222. The summed E-state index contributed by atoms with van der Waals surface area (Å²) in [7, 11) is 0. The number of amides is 1. The molecule has 0 heterocycles. The van der Waals surface area contributed by atoms with Gasteiger partial charge in [0.15, 0.2) is 12.2 Å². The van der Waals surface area contributed by atoms with Gasteiger partial charge < -0.3 is 14.8 Å². The zero-order valence-corrected chi connectivity index (χ0v) is 15.5. The van der Waals surface area contributed by atoms with Crippen LogP contribution in [0.4, 0.5) is 10.1 Å². The third-order valence-corrected chi connectivity index (χ3v) is 3.85. The van der Waals surface area contributed by atoms with E-state index in [0.717, 1.165) is 0 Å². The van der Waals surface area contributed by atoms with Gasteiger partial charge in [0, 0.05) is 5.02 Å². The van der Waals surface area contributed by atoms with Gasteiger partial charge in [-0.25, -0.2) is 9.18 Å². The van der Waals surface area contributed by atoms with Crippen LogP contribution in [0.15, 0.2) is 42.5 Å². The van der Waals surface area contributed by atoms with Crippen LogP contribution in [0.3, 0.4) is 0 Å². The van der Waals surface area contributed by atoms with Crippen LogP contribution in [0.1, 0.15) is 13.8 Å².